The van der Waals surface area contributed by atoms with Crippen LogP contribution in [-0.4, -0.2) is 25.3 Å². The molecule has 0 heterocycles. The number of fused-ring (bicyclic) bond motifs is 2. The highest BCUT2D eigenvalue weighted by Crippen LogP contribution is 2.51. The summed E-state index contributed by atoms with van der Waals surface area (Å²) in [5, 5.41) is 0. The van der Waals surface area contributed by atoms with E-state index in [1.807, 2.05) is 42.5 Å². The van der Waals surface area contributed by atoms with Gasteiger partial charge in [-0.2, -0.15) is 0 Å². The Kier molecular flexibility index (Phi) is 6.66. The van der Waals surface area contributed by atoms with E-state index < -0.39 is 0 Å². The number of rotatable bonds is 9. The molecule has 0 saturated heterocycles. The number of hydrogen-bond acceptors (Lipinski definition) is 4. The molecule has 0 aliphatic heterocycles. The fraction of sp³-hybridized carbons (Fsp3) is 0.423. The van der Waals surface area contributed by atoms with Crippen molar-refractivity contribution in [2.75, 3.05) is 6.61 Å². The minimum Gasteiger partial charge on any atom is -0.460 e. The maximum Gasteiger partial charge on any atom is 0.293 e. The first-order valence-corrected chi connectivity index (χ1v) is 10.8. The fourth-order valence-corrected chi connectivity index (χ4v) is 4.97. The molecule has 0 amide bonds. The van der Waals surface area contributed by atoms with Crippen LogP contribution >= 0.6 is 0 Å². The lowest BCUT2D eigenvalue weighted by molar-refractivity contribution is -0.157. The number of ether oxygens (including phenoxy) is 3. The average Bonchev–Trinajstić information content (AvgIpc) is 2.78. The molecule has 2 aliphatic carbocycles. The summed E-state index contributed by atoms with van der Waals surface area (Å²) in [6, 6.07) is 20.4. The van der Waals surface area contributed by atoms with E-state index in [9.17, 15) is 4.79 Å². The third-order valence-electron chi connectivity index (χ3n) is 6.68. The minimum atomic E-state index is -0.276. The molecule has 4 nitrogen and oxygen atoms in total. The van der Waals surface area contributed by atoms with Gasteiger partial charge in [0.2, 0.25) is 0 Å². The average molecular weight is 407 g/mol. The molecule has 0 aromatic heterocycles. The van der Waals surface area contributed by atoms with Gasteiger partial charge < -0.3 is 14.2 Å². The van der Waals surface area contributed by atoms with Crippen LogP contribution in [0.1, 0.15) is 30.9 Å². The predicted octanol–water partition coefficient (Wildman–Crippen LogP) is 4.93. The summed E-state index contributed by atoms with van der Waals surface area (Å²) < 4.78 is 18.0. The number of carbonyl (C=O) groups is 1. The molecule has 4 unspecified atom stereocenters. The molecule has 2 aliphatic rings. The zero-order valence-corrected chi connectivity index (χ0v) is 17.5. The van der Waals surface area contributed by atoms with Crippen molar-refractivity contribution < 1.29 is 19.0 Å². The Bertz CT molecular complexity index is 835. The molecule has 0 N–H and O–H groups in total. The van der Waals surface area contributed by atoms with Crippen molar-refractivity contribution in [3.63, 3.8) is 0 Å². The molecule has 2 aromatic rings. The largest absolute Gasteiger partial charge is 0.460 e. The number of hydrogen-bond donors (Lipinski definition) is 0. The van der Waals surface area contributed by atoms with Gasteiger partial charge in [-0.1, -0.05) is 73.7 Å². The third-order valence-corrected chi connectivity index (χ3v) is 6.68. The molecule has 158 valence electrons. The van der Waals surface area contributed by atoms with E-state index in [2.05, 4.69) is 37.3 Å². The monoisotopic (exact) mass is 406 g/mol. The molecular formula is C26H30O4. The molecule has 2 bridgehead atoms. The quantitative estimate of drug-likeness (QED) is 0.437. The van der Waals surface area contributed by atoms with E-state index in [1.165, 1.54) is 0 Å². The van der Waals surface area contributed by atoms with Gasteiger partial charge in [0.1, 0.15) is 6.10 Å². The van der Waals surface area contributed by atoms with Crippen molar-refractivity contribution in [2.45, 2.75) is 45.2 Å². The third kappa shape index (κ3) is 4.66. The summed E-state index contributed by atoms with van der Waals surface area (Å²) in [6.07, 6.45) is 6.01. The predicted molar refractivity (Wildman–Crippen MR) is 116 cm³/mol. The first-order chi connectivity index (χ1) is 14.7. The summed E-state index contributed by atoms with van der Waals surface area (Å²) in [7, 11) is 0. The highest BCUT2D eigenvalue weighted by Gasteiger charge is 2.51. The zero-order chi connectivity index (χ0) is 20.8. The summed E-state index contributed by atoms with van der Waals surface area (Å²) in [5.41, 5.74) is 2.34. The maximum absolute atomic E-state index is 11.2. The lowest BCUT2D eigenvalue weighted by atomic mass is 9.57. The SMILES string of the molecule is CC12C=CC(OC=O)C(C1COCc1ccccc1)[C@@H](OCc1ccccc1)CC2. The summed E-state index contributed by atoms with van der Waals surface area (Å²) in [5.74, 6) is 0.309. The Morgan fingerprint density at radius 3 is 2.33 bits per heavy atom. The van der Waals surface area contributed by atoms with Crippen molar-refractivity contribution in [2.24, 2.45) is 17.3 Å². The summed E-state index contributed by atoms with van der Waals surface area (Å²) in [6.45, 7) is 4.61. The Balaban J connectivity index is 1.48. The Morgan fingerprint density at radius 2 is 1.67 bits per heavy atom. The Hall–Kier alpha value is -2.43. The van der Waals surface area contributed by atoms with Gasteiger partial charge in [0.15, 0.2) is 0 Å². The van der Waals surface area contributed by atoms with Crippen LogP contribution in [0.2, 0.25) is 0 Å². The van der Waals surface area contributed by atoms with Crippen molar-refractivity contribution in [1.29, 1.82) is 0 Å². The van der Waals surface area contributed by atoms with Crippen molar-refractivity contribution >= 4 is 6.47 Å². The van der Waals surface area contributed by atoms with Crippen LogP contribution in [-0.2, 0) is 32.2 Å². The fourth-order valence-electron chi connectivity index (χ4n) is 4.97. The lowest BCUT2D eigenvalue weighted by Gasteiger charge is -2.52. The van der Waals surface area contributed by atoms with Crippen LogP contribution in [0.5, 0.6) is 0 Å². The first kappa shape index (κ1) is 20.8. The van der Waals surface area contributed by atoms with E-state index in [4.69, 9.17) is 14.2 Å². The Morgan fingerprint density at radius 1 is 1.00 bits per heavy atom. The van der Waals surface area contributed by atoms with Gasteiger partial charge in [-0.3, -0.25) is 4.79 Å². The van der Waals surface area contributed by atoms with Gasteiger partial charge in [-0.15, -0.1) is 0 Å². The lowest BCUT2D eigenvalue weighted by Crippen LogP contribution is -2.53. The molecule has 1 saturated carbocycles. The summed E-state index contributed by atoms with van der Waals surface area (Å²) >= 11 is 0. The topological polar surface area (TPSA) is 44.8 Å². The molecule has 1 fully saturated rings. The molecule has 2 aromatic carbocycles. The molecule has 4 heteroatoms. The zero-order valence-electron chi connectivity index (χ0n) is 17.5. The van der Waals surface area contributed by atoms with Crippen LogP contribution < -0.4 is 0 Å². The maximum atomic E-state index is 11.2. The van der Waals surface area contributed by atoms with Gasteiger partial charge in [0.05, 0.1) is 25.9 Å². The van der Waals surface area contributed by atoms with Gasteiger partial charge in [-0.25, -0.2) is 0 Å². The van der Waals surface area contributed by atoms with Gasteiger partial charge >= 0.3 is 0 Å². The molecular weight excluding hydrogens is 376 g/mol. The van der Waals surface area contributed by atoms with Crippen molar-refractivity contribution in [3.8, 4) is 0 Å². The standard InChI is InChI=1S/C26H30O4/c1-26-14-12-23(29-17-21-10-6-3-7-11-21)25(24(13-15-26)30-19-27)22(26)18-28-16-20-8-4-2-5-9-20/h2-11,13,15,19,22-25H,12,14,16-18H2,1H3/t22?,23-,24?,25?,26?/m0/s1. The number of allylic oxidation sites excluding steroid dienone is 1. The van der Waals surface area contributed by atoms with Crippen LogP contribution in [0.3, 0.4) is 0 Å². The van der Waals surface area contributed by atoms with Gasteiger partial charge in [0.25, 0.3) is 6.47 Å². The van der Waals surface area contributed by atoms with Crippen LogP contribution in [0, 0.1) is 17.3 Å². The number of carbonyl (C=O) groups excluding carboxylic acids is 1. The van der Waals surface area contributed by atoms with Crippen LogP contribution in [0.25, 0.3) is 0 Å². The molecule has 0 spiro atoms. The first-order valence-electron chi connectivity index (χ1n) is 10.8. The van der Waals surface area contributed by atoms with Gasteiger partial charge in [-0.05, 0) is 35.5 Å². The van der Waals surface area contributed by atoms with E-state index in [-0.39, 0.29) is 29.5 Å². The Labute approximate surface area is 178 Å². The number of benzene rings is 2. The molecule has 5 atom stereocenters. The second-order valence-corrected chi connectivity index (χ2v) is 8.62. The highest BCUT2D eigenvalue weighted by molar-refractivity contribution is 5.39. The van der Waals surface area contributed by atoms with E-state index in [0.717, 1.165) is 24.0 Å². The second kappa shape index (κ2) is 9.59. The molecule has 4 rings (SSSR count). The van der Waals surface area contributed by atoms with E-state index in [1.54, 1.807) is 0 Å². The van der Waals surface area contributed by atoms with E-state index >= 15 is 0 Å². The van der Waals surface area contributed by atoms with E-state index in [0.29, 0.717) is 26.3 Å². The summed E-state index contributed by atoms with van der Waals surface area (Å²) in [4.78, 5) is 11.2. The van der Waals surface area contributed by atoms with Crippen molar-refractivity contribution in [1.82, 2.24) is 0 Å². The minimum absolute atomic E-state index is 0.0245. The highest BCUT2D eigenvalue weighted by atomic mass is 16.5. The molecule has 30 heavy (non-hydrogen) atoms. The second-order valence-electron chi connectivity index (χ2n) is 8.62. The van der Waals surface area contributed by atoms with Gasteiger partial charge in [0, 0.05) is 11.8 Å². The normalized spacial score (nSPS) is 30.0. The van der Waals surface area contributed by atoms with Crippen LogP contribution in [0.4, 0.5) is 0 Å². The van der Waals surface area contributed by atoms with Crippen molar-refractivity contribution in [3.05, 3.63) is 83.9 Å². The van der Waals surface area contributed by atoms with Crippen LogP contribution in [0.15, 0.2) is 72.8 Å². The molecule has 0 radical (unpaired) electrons. The smallest absolute Gasteiger partial charge is 0.293 e.